The first-order valence-electron chi connectivity index (χ1n) is 11.1. The van der Waals surface area contributed by atoms with E-state index in [2.05, 4.69) is 24.4 Å². The monoisotopic (exact) mass is 381 g/mol. The summed E-state index contributed by atoms with van der Waals surface area (Å²) in [4.78, 5) is 22.9. The number of amides is 1. The number of rotatable bonds is 18. The third-order valence-corrected chi connectivity index (χ3v) is 4.71. The van der Waals surface area contributed by atoms with Crippen LogP contribution in [0.25, 0.3) is 0 Å². The molecule has 0 bridgehead atoms. The highest BCUT2D eigenvalue weighted by Crippen LogP contribution is 2.11. The van der Waals surface area contributed by atoms with Gasteiger partial charge in [-0.25, -0.2) is 0 Å². The minimum atomic E-state index is -0.851. The summed E-state index contributed by atoms with van der Waals surface area (Å²) in [5.41, 5.74) is 0. The molecule has 0 aliphatic carbocycles. The van der Waals surface area contributed by atoms with E-state index in [1.807, 2.05) is 13.8 Å². The molecule has 0 saturated carbocycles. The Hall–Kier alpha value is -1.32. The summed E-state index contributed by atoms with van der Waals surface area (Å²) in [5, 5.41) is 11.8. The first-order valence-corrected chi connectivity index (χ1v) is 11.1. The Labute approximate surface area is 167 Å². The van der Waals surface area contributed by atoms with Gasteiger partial charge in [0, 0.05) is 12.5 Å². The summed E-state index contributed by atoms with van der Waals surface area (Å²) in [5.74, 6) is -0.482. The van der Waals surface area contributed by atoms with Crippen LogP contribution in [0.4, 0.5) is 0 Å². The van der Waals surface area contributed by atoms with Gasteiger partial charge in [-0.3, -0.25) is 9.59 Å². The molecule has 1 unspecified atom stereocenters. The molecule has 1 amide bonds. The summed E-state index contributed by atoms with van der Waals surface area (Å²) >= 11 is 0. The molecule has 0 aliphatic rings. The van der Waals surface area contributed by atoms with E-state index >= 15 is 0 Å². The number of carboxylic acids is 1. The highest BCUT2D eigenvalue weighted by molar-refractivity contribution is 5.77. The molecule has 4 heteroatoms. The largest absolute Gasteiger partial charge is 0.481 e. The fourth-order valence-corrected chi connectivity index (χ4v) is 3.28. The number of hydrogen-bond donors (Lipinski definition) is 2. The lowest BCUT2D eigenvalue weighted by Crippen LogP contribution is -2.37. The van der Waals surface area contributed by atoms with E-state index in [9.17, 15) is 9.59 Å². The second kappa shape index (κ2) is 18.1. The van der Waals surface area contributed by atoms with Crippen LogP contribution in [0, 0.1) is 5.92 Å². The van der Waals surface area contributed by atoms with Gasteiger partial charge in [0.25, 0.3) is 0 Å². The van der Waals surface area contributed by atoms with E-state index in [-0.39, 0.29) is 18.4 Å². The van der Waals surface area contributed by atoms with E-state index in [0.29, 0.717) is 18.8 Å². The summed E-state index contributed by atoms with van der Waals surface area (Å²) in [7, 11) is 0. The van der Waals surface area contributed by atoms with Crippen LogP contribution in [-0.2, 0) is 9.59 Å². The van der Waals surface area contributed by atoms with Gasteiger partial charge in [-0.05, 0) is 44.4 Å². The number of carbonyl (C=O) groups is 2. The van der Waals surface area contributed by atoms with Crippen LogP contribution < -0.4 is 5.32 Å². The highest BCUT2D eigenvalue weighted by Gasteiger charge is 2.17. The zero-order chi connectivity index (χ0) is 20.3. The molecule has 0 saturated heterocycles. The second-order valence-corrected chi connectivity index (χ2v) is 8.12. The first-order chi connectivity index (χ1) is 13.0. The Bertz CT molecular complexity index is 404. The van der Waals surface area contributed by atoms with E-state index < -0.39 is 5.97 Å². The predicted molar refractivity (Wildman–Crippen MR) is 114 cm³/mol. The van der Waals surface area contributed by atoms with Crippen LogP contribution in [0.2, 0.25) is 0 Å². The van der Waals surface area contributed by atoms with Gasteiger partial charge < -0.3 is 10.4 Å². The Kier molecular flexibility index (Phi) is 17.2. The molecular weight excluding hydrogens is 338 g/mol. The molecule has 0 fully saturated rings. The number of aliphatic carboxylic acids is 1. The van der Waals surface area contributed by atoms with Gasteiger partial charge in [-0.1, -0.05) is 71.4 Å². The minimum Gasteiger partial charge on any atom is -0.481 e. The van der Waals surface area contributed by atoms with Crippen molar-refractivity contribution in [2.45, 2.75) is 117 Å². The van der Waals surface area contributed by atoms with E-state index in [1.165, 1.54) is 57.8 Å². The van der Waals surface area contributed by atoms with Crippen LogP contribution in [0.3, 0.4) is 0 Å². The van der Waals surface area contributed by atoms with Crippen LogP contribution in [0.5, 0.6) is 0 Å². The maximum atomic E-state index is 12.0. The van der Waals surface area contributed by atoms with Crippen LogP contribution in [0.15, 0.2) is 12.2 Å². The van der Waals surface area contributed by atoms with E-state index in [4.69, 9.17) is 5.11 Å². The number of unbranched alkanes of at least 4 members (excludes halogenated alkanes) is 9. The third-order valence-electron chi connectivity index (χ3n) is 4.71. The van der Waals surface area contributed by atoms with Crippen molar-refractivity contribution in [2.24, 2.45) is 5.92 Å². The summed E-state index contributed by atoms with van der Waals surface area (Å²) in [6.45, 7) is 6.33. The molecule has 4 nitrogen and oxygen atoms in total. The van der Waals surface area contributed by atoms with Gasteiger partial charge in [0.15, 0.2) is 0 Å². The summed E-state index contributed by atoms with van der Waals surface area (Å²) in [6.07, 6.45) is 19.1. The quantitative estimate of drug-likeness (QED) is 0.218. The Balaban J connectivity index is 3.61. The Morgan fingerprint density at radius 3 is 2.00 bits per heavy atom. The molecular formula is C23H43NO3. The third kappa shape index (κ3) is 19.3. The molecule has 27 heavy (non-hydrogen) atoms. The number of carboxylic acid groups (broad SMARTS) is 1. The van der Waals surface area contributed by atoms with Crippen molar-refractivity contribution >= 4 is 11.9 Å². The number of nitrogens with one attached hydrogen (secondary N) is 1. The molecule has 1 atom stereocenters. The van der Waals surface area contributed by atoms with Crippen LogP contribution >= 0.6 is 0 Å². The van der Waals surface area contributed by atoms with Crippen molar-refractivity contribution in [2.75, 3.05) is 0 Å². The zero-order valence-corrected chi connectivity index (χ0v) is 18.0. The molecule has 0 radical (unpaired) electrons. The SMILES string of the molecule is CCCCCCC=CCCCCCCCC(=O)NC(CC(=O)O)CC(C)C. The van der Waals surface area contributed by atoms with Gasteiger partial charge in [0.2, 0.25) is 5.91 Å². The molecule has 0 aromatic rings. The normalized spacial score (nSPS) is 12.6. The molecule has 0 spiro atoms. The number of hydrogen-bond acceptors (Lipinski definition) is 2. The highest BCUT2D eigenvalue weighted by atomic mass is 16.4. The standard InChI is InChI=1S/C23H43NO3/c1-4-5-6-7-8-9-10-11-12-13-14-15-16-17-22(25)24-21(18-20(2)3)19-23(26)27/h9-10,20-21H,4-8,11-19H2,1-3H3,(H,24,25)(H,26,27). The van der Waals surface area contributed by atoms with Crippen molar-refractivity contribution in [3.63, 3.8) is 0 Å². The molecule has 2 N–H and O–H groups in total. The van der Waals surface area contributed by atoms with Crippen molar-refractivity contribution in [1.29, 1.82) is 0 Å². The number of carbonyl (C=O) groups excluding carboxylic acids is 1. The zero-order valence-electron chi connectivity index (χ0n) is 18.0. The van der Waals surface area contributed by atoms with Gasteiger partial charge in [-0.15, -0.1) is 0 Å². The van der Waals surface area contributed by atoms with Gasteiger partial charge in [-0.2, -0.15) is 0 Å². The molecule has 158 valence electrons. The van der Waals surface area contributed by atoms with Crippen molar-refractivity contribution in [1.82, 2.24) is 5.32 Å². The van der Waals surface area contributed by atoms with Gasteiger partial charge in [0.05, 0.1) is 6.42 Å². The molecule has 0 aromatic heterocycles. The maximum absolute atomic E-state index is 12.0. The summed E-state index contributed by atoms with van der Waals surface area (Å²) in [6, 6.07) is -0.247. The Morgan fingerprint density at radius 1 is 0.889 bits per heavy atom. The fourth-order valence-electron chi connectivity index (χ4n) is 3.28. The minimum absolute atomic E-state index is 0.00657. The Morgan fingerprint density at radius 2 is 1.44 bits per heavy atom. The van der Waals surface area contributed by atoms with Crippen molar-refractivity contribution in [3.05, 3.63) is 12.2 Å². The second-order valence-electron chi connectivity index (χ2n) is 8.12. The fraction of sp³-hybridized carbons (Fsp3) is 0.826. The van der Waals surface area contributed by atoms with Gasteiger partial charge in [0.1, 0.15) is 0 Å². The summed E-state index contributed by atoms with van der Waals surface area (Å²) < 4.78 is 0. The lowest BCUT2D eigenvalue weighted by molar-refractivity contribution is -0.137. The smallest absolute Gasteiger partial charge is 0.305 e. The topological polar surface area (TPSA) is 66.4 Å². The maximum Gasteiger partial charge on any atom is 0.305 e. The van der Waals surface area contributed by atoms with Crippen molar-refractivity contribution < 1.29 is 14.7 Å². The molecule has 0 heterocycles. The lowest BCUT2D eigenvalue weighted by Gasteiger charge is -2.18. The predicted octanol–water partition coefficient (Wildman–Crippen LogP) is 6.25. The van der Waals surface area contributed by atoms with E-state index in [1.54, 1.807) is 0 Å². The first kappa shape index (κ1) is 25.7. The van der Waals surface area contributed by atoms with E-state index in [0.717, 1.165) is 12.8 Å². The average Bonchev–Trinajstić information content (AvgIpc) is 2.57. The van der Waals surface area contributed by atoms with Crippen LogP contribution in [-0.4, -0.2) is 23.0 Å². The molecule has 0 rings (SSSR count). The van der Waals surface area contributed by atoms with Crippen molar-refractivity contribution in [3.8, 4) is 0 Å². The van der Waals surface area contributed by atoms with Crippen LogP contribution in [0.1, 0.15) is 111 Å². The average molecular weight is 382 g/mol. The lowest BCUT2D eigenvalue weighted by atomic mass is 10.0. The van der Waals surface area contributed by atoms with Gasteiger partial charge >= 0.3 is 5.97 Å². The number of allylic oxidation sites excluding steroid dienone is 2. The molecule has 0 aromatic carbocycles. The molecule has 0 aliphatic heterocycles.